The molecule has 0 aromatic heterocycles. The van der Waals surface area contributed by atoms with Crippen molar-refractivity contribution in [2.45, 2.75) is 25.8 Å². The summed E-state index contributed by atoms with van der Waals surface area (Å²) in [6.07, 6.45) is 1.19. The average Bonchev–Trinajstić information content (AvgIpc) is 2.31. The molecular formula is C13H19FN2O. The molecule has 0 heterocycles. The molecule has 0 aliphatic carbocycles. The van der Waals surface area contributed by atoms with Gasteiger partial charge in [-0.05, 0) is 38.1 Å². The van der Waals surface area contributed by atoms with Gasteiger partial charge >= 0.3 is 0 Å². The molecule has 3 nitrogen and oxygen atoms in total. The number of amides is 1. The van der Waals surface area contributed by atoms with Gasteiger partial charge in [0.15, 0.2) is 0 Å². The smallest absolute Gasteiger partial charge is 0.221 e. The molecule has 0 saturated carbocycles. The monoisotopic (exact) mass is 238 g/mol. The van der Waals surface area contributed by atoms with Gasteiger partial charge in [0, 0.05) is 19.0 Å². The van der Waals surface area contributed by atoms with Crippen LogP contribution in [0.5, 0.6) is 0 Å². The Morgan fingerprint density at radius 3 is 2.59 bits per heavy atom. The Bertz CT molecular complexity index is 351. The predicted octanol–water partition coefficient (Wildman–Crippen LogP) is 1.48. The number of rotatable bonds is 6. The molecule has 0 saturated heterocycles. The number of hydrogen-bond donors (Lipinski definition) is 2. The van der Waals surface area contributed by atoms with Crippen molar-refractivity contribution in [1.82, 2.24) is 10.6 Å². The van der Waals surface area contributed by atoms with Gasteiger partial charge < -0.3 is 10.6 Å². The second-order valence-corrected chi connectivity index (χ2v) is 4.12. The molecule has 0 spiro atoms. The average molecular weight is 238 g/mol. The van der Waals surface area contributed by atoms with Gasteiger partial charge in [0.2, 0.25) is 5.91 Å². The van der Waals surface area contributed by atoms with Gasteiger partial charge in [0.25, 0.3) is 0 Å². The fourth-order valence-corrected chi connectivity index (χ4v) is 1.45. The number of benzene rings is 1. The molecule has 94 valence electrons. The Hall–Kier alpha value is -1.42. The van der Waals surface area contributed by atoms with Crippen LogP contribution >= 0.6 is 0 Å². The Balaban J connectivity index is 2.23. The molecule has 4 heteroatoms. The lowest BCUT2D eigenvalue weighted by molar-refractivity contribution is -0.121. The van der Waals surface area contributed by atoms with E-state index in [0.717, 1.165) is 12.0 Å². The molecule has 2 N–H and O–H groups in total. The maximum atomic E-state index is 12.6. The minimum atomic E-state index is -0.236. The largest absolute Gasteiger partial charge is 0.356 e. The van der Waals surface area contributed by atoms with E-state index in [0.29, 0.717) is 13.0 Å². The topological polar surface area (TPSA) is 41.1 Å². The molecule has 1 aromatic rings. The summed E-state index contributed by atoms with van der Waals surface area (Å²) in [7, 11) is 1.83. The summed E-state index contributed by atoms with van der Waals surface area (Å²) in [5.74, 6) is -0.199. The van der Waals surface area contributed by atoms with Gasteiger partial charge in [0.1, 0.15) is 5.82 Å². The van der Waals surface area contributed by atoms with Crippen LogP contribution < -0.4 is 10.6 Å². The highest BCUT2D eigenvalue weighted by atomic mass is 19.1. The zero-order chi connectivity index (χ0) is 12.7. The van der Waals surface area contributed by atoms with Crippen molar-refractivity contribution in [3.05, 3.63) is 35.6 Å². The maximum Gasteiger partial charge on any atom is 0.221 e. The normalized spacial score (nSPS) is 12.2. The van der Waals surface area contributed by atoms with Crippen molar-refractivity contribution in [2.75, 3.05) is 13.6 Å². The maximum absolute atomic E-state index is 12.6. The van der Waals surface area contributed by atoms with Crippen LogP contribution in [0.1, 0.15) is 18.9 Å². The Kier molecular flexibility index (Phi) is 5.63. The lowest BCUT2D eigenvalue weighted by Gasteiger charge is -2.10. The third kappa shape index (κ3) is 5.45. The number of nitrogens with one attached hydrogen (secondary N) is 2. The summed E-state index contributed by atoms with van der Waals surface area (Å²) in [6, 6.07) is 6.51. The van der Waals surface area contributed by atoms with E-state index in [1.165, 1.54) is 12.1 Å². The van der Waals surface area contributed by atoms with Gasteiger partial charge in [0.05, 0.1) is 0 Å². The molecule has 0 radical (unpaired) electrons. The van der Waals surface area contributed by atoms with Crippen LogP contribution in [-0.4, -0.2) is 25.5 Å². The van der Waals surface area contributed by atoms with Crippen molar-refractivity contribution >= 4 is 5.91 Å². The van der Waals surface area contributed by atoms with Crippen molar-refractivity contribution in [1.29, 1.82) is 0 Å². The van der Waals surface area contributed by atoms with Crippen molar-refractivity contribution in [3.63, 3.8) is 0 Å². The molecule has 1 atom stereocenters. The zero-order valence-electron chi connectivity index (χ0n) is 10.3. The standard InChI is InChI=1S/C13H19FN2O/c1-10(15-2)9-13(17)16-8-7-11-3-5-12(14)6-4-11/h3-6,10,15H,7-9H2,1-2H3,(H,16,17). The predicted molar refractivity (Wildman–Crippen MR) is 66.3 cm³/mol. The van der Waals surface area contributed by atoms with Gasteiger partial charge in [-0.15, -0.1) is 0 Å². The third-order valence-electron chi connectivity index (χ3n) is 2.63. The van der Waals surface area contributed by atoms with Gasteiger partial charge in [-0.1, -0.05) is 12.1 Å². The summed E-state index contributed by atoms with van der Waals surface area (Å²) in [5.41, 5.74) is 1.02. The molecule has 0 aliphatic rings. The quantitative estimate of drug-likeness (QED) is 0.788. The molecule has 1 rings (SSSR count). The van der Waals surface area contributed by atoms with Gasteiger partial charge in [-0.25, -0.2) is 4.39 Å². The summed E-state index contributed by atoms with van der Waals surface area (Å²) in [5, 5.41) is 5.85. The molecule has 17 heavy (non-hydrogen) atoms. The van der Waals surface area contributed by atoms with E-state index in [9.17, 15) is 9.18 Å². The fourth-order valence-electron chi connectivity index (χ4n) is 1.45. The van der Waals surface area contributed by atoms with Crippen LogP contribution in [0.3, 0.4) is 0 Å². The van der Waals surface area contributed by atoms with Crippen LogP contribution in [-0.2, 0) is 11.2 Å². The van der Waals surface area contributed by atoms with Gasteiger partial charge in [-0.2, -0.15) is 0 Å². The van der Waals surface area contributed by atoms with E-state index >= 15 is 0 Å². The lowest BCUT2D eigenvalue weighted by Crippen LogP contribution is -2.32. The molecule has 1 unspecified atom stereocenters. The Labute approximate surface area is 101 Å². The van der Waals surface area contributed by atoms with E-state index in [-0.39, 0.29) is 17.8 Å². The van der Waals surface area contributed by atoms with Crippen LogP contribution in [0.15, 0.2) is 24.3 Å². The van der Waals surface area contributed by atoms with E-state index in [2.05, 4.69) is 10.6 Å². The molecule has 0 bridgehead atoms. The third-order valence-corrected chi connectivity index (χ3v) is 2.63. The minimum absolute atomic E-state index is 0.0361. The molecule has 1 aromatic carbocycles. The first-order chi connectivity index (χ1) is 8.11. The van der Waals surface area contributed by atoms with E-state index < -0.39 is 0 Å². The number of halogens is 1. The zero-order valence-corrected chi connectivity index (χ0v) is 10.3. The summed E-state index contributed by atoms with van der Waals surface area (Å²) < 4.78 is 12.6. The van der Waals surface area contributed by atoms with Crippen molar-refractivity contribution < 1.29 is 9.18 Å². The van der Waals surface area contributed by atoms with E-state index in [1.807, 2.05) is 14.0 Å². The second kappa shape index (κ2) is 7.01. The van der Waals surface area contributed by atoms with Gasteiger partial charge in [-0.3, -0.25) is 4.79 Å². The van der Waals surface area contributed by atoms with Crippen LogP contribution in [0, 0.1) is 5.82 Å². The summed E-state index contributed by atoms with van der Waals surface area (Å²) in [6.45, 7) is 2.54. The summed E-state index contributed by atoms with van der Waals surface area (Å²) in [4.78, 5) is 11.4. The van der Waals surface area contributed by atoms with Crippen molar-refractivity contribution in [2.24, 2.45) is 0 Å². The number of carbonyl (C=O) groups is 1. The van der Waals surface area contributed by atoms with E-state index in [4.69, 9.17) is 0 Å². The minimum Gasteiger partial charge on any atom is -0.356 e. The molecular weight excluding hydrogens is 219 g/mol. The van der Waals surface area contributed by atoms with Crippen LogP contribution in [0.2, 0.25) is 0 Å². The van der Waals surface area contributed by atoms with Crippen LogP contribution in [0.25, 0.3) is 0 Å². The van der Waals surface area contributed by atoms with Crippen molar-refractivity contribution in [3.8, 4) is 0 Å². The fraction of sp³-hybridized carbons (Fsp3) is 0.462. The first kappa shape index (κ1) is 13.6. The second-order valence-electron chi connectivity index (χ2n) is 4.12. The first-order valence-electron chi connectivity index (χ1n) is 5.80. The lowest BCUT2D eigenvalue weighted by atomic mass is 10.1. The molecule has 1 amide bonds. The van der Waals surface area contributed by atoms with E-state index in [1.54, 1.807) is 12.1 Å². The SMILES string of the molecule is CNC(C)CC(=O)NCCc1ccc(F)cc1. The number of carbonyl (C=O) groups excluding carboxylic acids is 1. The first-order valence-corrected chi connectivity index (χ1v) is 5.80. The highest BCUT2D eigenvalue weighted by Gasteiger charge is 2.05. The Morgan fingerprint density at radius 1 is 1.35 bits per heavy atom. The molecule has 0 fully saturated rings. The highest BCUT2D eigenvalue weighted by molar-refractivity contribution is 5.76. The summed E-state index contributed by atoms with van der Waals surface area (Å²) >= 11 is 0. The molecule has 0 aliphatic heterocycles. The number of hydrogen-bond acceptors (Lipinski definition) is 2. The Morgan fingerprint density at radius 2 is 2.00 bits per heavy atom. The van der Waals surface area contributed by atoms with Crippen LogP contribution in [0.4, 0.5) is 4.39 Å². The highest BCUT2D eigenvalue weighted by Crippen LogP contribution is 2.02.